The summed E-state index contributed by atoms with van der Waals surface area (Å²) in [5.41, 5.74) is 0.854. The van der Waals surface area contributed by atoms with E-state index in [2.05, 4.69) is 33.8 Å². The van der Waals surface area contributed by atoms with Gasteiger partial charge in [0.15, 0.2) is 5.78 Å². The maximum Gasteiger partial charge on any atom is 0.167 e. The van der Waals surface area contributed by atoms with Crippen molar-refractivity contribution in [3.63, 3.8) is 0 Å². The van der Waals surface area contributed by atoms with Crippen LogP contribution in [0.25, 0.3) is 0 Å². The largest absolute Gasteiger partial charge is 0.334 e. The summed E-state index contributed by atoms with van der Waals surface area (Å²) >= 11 is 1.71. The van der Waals surface area contributed by atoms with Crippen molar-refractivity contribution in [2.45, 2.75) is 37.6 Å². The zero-order valence-electron chi connectivity index (χ0n) is 15.1. The molecule has 1 atom stereocenters. The molecule has 0 aliphatic carbocycles. The number of hydrogen-bond acceptors (Lipinski definition) is 4. The Kier molecular flexibility index (Phi) is 6.32. The Morgan fingerprint density at radius 2 is 2.08 bits per heavy atom. The minimum atomic E-state index is 0.127. The molecule has 1 unspecified atom stereocenters. The number of carbonyl (C=O) groups is 1. The van der Waals surface area contributed by atoms with Crippen LogP contribution >= 0.6 is 11.8 Å². The molecule has 3 rings (SSSR count). The number of hydrogen-bond donors (Lipinski definition) is 0. The van der Waals surface area contributed by atoms with Crippen LogP contribution in [0.4, 0.5) is 0 Å². The second-order valence-corrected chi connectivity index (χ2v) is 7.50. The van der Waals surface area contributed by atoms with Crippen molar-refractivity contribution in [2.24, 2.45) is 5.92 Å². The lowest BCUT2D eigenvalue weighted by atomic mass is 9.90. The standard InChI is InChI=1S/C20H27N3OS/c1-3-19-21-10-12-23(19)14-13-22-11-4-5-17(15-22)20(24)16-6-8-18(25-2)9-7-16/h6-10,12,17H,3-5,11,13-15H2,1-2H3. The summed E-state index contributed by atoms with van der Waals surface area (Å²) in [7, 11) is 0. The molecule has 4 nitrogen and oxygen atoms in total. The van der Waals surface area contributed by atoms with E-state index in [-0.39, 0.29) is 5.92 Å². The lowest BCUT2D eigenvalue weighted by Crippen LogP contribution is -2.40. The van der Waals surface area contributed by atoms with Gasteiger partial charge in [-0.1, -0.05) is 19.1 Å². The fraction of sp³-hybridized carbons (Fsp3) is 0.500. The molecule has 25 heavy (non-hydrogen) atoms. The number of imidazole rings is 1. The van der Waals surface area contributed by atoms with Crippen LogP contribution in [-0.4, -0.2) is 46.1 Å². The van der Waals surface area contributed by atoms with Crippen molar-refractivity contribution < 1.29 is 4.79 Å². The Morgan fingerprint density at radius 1 is 1.28 bits per heavy atom. The molecule has 1 fully saturated rings. The molecule has 2 aromatic rings. The van der Waals surface area contributed by atoms with Crippen molar-refractivity contribution in [3.05, 3.63) is 48.0 Å². The van der Waals surface area contributed by atoms with Gasteiger partial charge >= 0.3 is 0 Å². The lowest BCUT2D eigenvalue weighted by molar-refractivity contribution is 0.0815. The van der Waals surface area contributed by atoms with Gasteiger partial charge in [-0.25, -0.2) is 4.98 Å². The number of thioether (sulfide) groups is 1. The SMILES string of the molecule is CCc1nccn1CCN1CCCC(C(=O)c2ccc(SC)cc2)C1. The summed E-state index contributed by atoms with van der Waals surface area (Å²) in [6.07, 6.45) is 9.05. The molecule has 0 saturated carbocycles. The van der Waals surface area contributed by atoms with E-state index >= 15 is 0 Å². The molecular formula is C20H27N3OS. The number of carbonyl (C=O) groups excluding carboxylic acids is 1. The van der Waals surface area contributed by atoms with Gasteiger partial charge < -0.3 is 9.47 Å². The van der Waals surface area contributed by atoms with E-state index in [1.54, 1.807) is 11.8 Å². The molecule has 1 aliphatic heterocycles. The highest BCUT2D eigenvalue weighted by molar-refractivity contribution is 7.98. The first-order valence-electron chi connectivity index (χ1n) is 9.12. The van der Waals surface area contributed by atoms with Crippen molar-refractivity contribution >= 4 is 17.5 Å². The van der Waals surface area contributed by atoms with Crippen LogP contribution in [0.1, 0.15) is 35.9 Å². The molecule has 0 radical (unpaired) electrons. The maximum absolute atomic E-state index is 12.8. The molecule has 5 heteroatoms. The van der Waals surface area contributed by atoms with E-state index in [9.17, 15) is 4.79 Å². The Morgan fingerprint density at radius 3 is 2.80 bits per heavy atom. The Bertz CT molecular complexity index is 695. The van der Waals surface area contributed by atoms with Gasteiger partial charge in [-0.15, -0.1) is 11.8 Å². The monoisotopic (exact) mass is 357 g/mol. The molecule has 0 spiro atoms. The fourth-order valence-corrected chi connectivity index (χ4v) is 3.98. The van der Waals surface area contributed by atoms with E-state index in [1.807, 2.05) is 30.5 Å². The highest BCUT2D eigenvalue weighted by Gasteiger charge is 2.26. The average Bonchev–Trinajstić information content (AvgIpc) is 3.13. The topological polar surface area (TPSA) is 38.1 Å². The Labute approximate surface area is 154 Å². The summed E-state index contributed by atoms with van der Waals surface area (Å²) < 4.78 is 2.23. The van der Waals surface area contributed by atoms with E-state index in [0.29, 0.717) is 5.78 Å². The second kappa shape index (κ2) is 8.68. The average molecular weight is 358 g/mol. The van der Waals surface area contributed by atoms with Crippen molar-refractivity contribution in [1.29, 1.82) is 0 Å². The zero-order chi connectivity index (χ0) is 17.6. The van der Waals surface area contributed by atoms with Gasteiger partial charge in [0.05, 0.1) is 0 Å². The van der Waals surface area contributed by atoms with E-state index < -0.39 is 0 Å². The highest BCUT2D eigenvalue weighted by atomic mass is 32.2. The van der Waals surface area contributed by atoms with Gasteiger partial charge in [0.2, 0.25) is 0 Å². The second-order valence-electron chi connectivity index (χ2n) is 6.62. The molecule has 1 aromatic heterocycles. The predicted molar refractivity (Wildman–Crippen MR) is 103 cm³/mol. The van der Waals surface area contributed by atoms with Gasteiger partial charge in [0, 0.05) is 54.8 Å². The first kappa shape index (κ1) is 18.2. The number of rotatable bonds is 7. The van der Waals surface area contributed by atoms with Crippen molar-refractivity contribution in [3.8, 4) is 0 Å². The van der Waals surface area contributed by atoms with Crippen molar-refractivity contribution in [2.75, 3.05) is 25.9 Å². The summed E-state index contributed by atoms with van der Waals surface area (Å²) in [5, 5.41) is 0. The normalized spacial score (nSPS) is 18.4. The summed E-state index contributed by atoms with van der Waals surface area (Å²) in [6.45, 7) is 6.03. The number of piperidine rings is 1. The Hall–Kier alpha value is -1.59. The van der Waals surface area contributed by atoms with E-state index in [0.717, 1.165) is 56.8 Å². The first-order valence-corrected chi connectivity index (χ1v) is 10.3. The molecule has 2 heterocycles. The molecule has 0 amide bonds. The van der Waals surface area contributed by atoms with Crippen LogP contribution in [0, 0.1) is 5.92 Å². The number of benzene rings is 1. The van der Waals surface area contributed by atoms with E-state index in [1.165, 1.54) is 4.90 Å². The van der Waals surface area contributed by atoms with Crippen LogP contribution in [0.5, 0.6) is 0 Å². The van der Waals surface area contributed by atoms with Gasteiger partial charge in [0.1, 0.15) is 5.82 Å². The third-order valence-electron chi connectivity index (χ3n) is 5.03. The molecule has 0 bridgehead atoms. The van der Waals surface area contributed by atoms with Gasteiger partial charge in [-0.05, 0) is 37.8 Å². The molecule has 134 valence electrons. The van der Waals surface area contributed by atoms with Crippen LogP contribution in [0.15, 0.2) is 41.6 Å². The lowest BCUT2D eigenvalue weighted by Gasteiger charge is -2.32. The smallest absolute Gasteiger partial charge is 0.167 e. The number of aryl methyl sites for hydroxylation is 1. The van der Waals surface area contributed by atoms with Gasteiger partial charge in [-0.2, -0.15) is 0 Å². The zero-order valence-corrected chi connectivity index (χ0v) is 16.0. The van der Waals surface area contributed by atoms with Gasteiger partial charge in [-0.3, -0.25) is 4.79 Å². The molecule has 0 N–H and O–H groups in total. The minimum Gasteiger partial charge on any atom is -0.334 e. The van der Waals surface area contributed by atoms with Crippen molar-refractivity contribution in [1.82, 2.24) is 14.5 Å². The number of likely N-dealkylation sites (tertiary alicyclic amines) is 1. The van der Waals surface area contributed by atoms with Gasteiger partial charge in [0.25, 0.3) is 0 Å². The Balaban J connectivity index is 1.57. The third kappa shape index (κ3) is 4.53. The molecular weight excluding hydrogens is 330 g/mol. The van der Waals surface area contributed by atoms with Crippen LogP contribution in [0.3, 0.4) is 0 Å². The molecule has 1 aliphatic rings. The molecule has 1 aromatic carbocycles. The minimum absolute atomic E-state index is 0.127. The van der Waals surface area contributed by atoms with Crippen LogP contribution in [0.2, 0.25) is 0 Å². The quantitative estimate of drug-likeness (QED) is 0.559. The third-order valence-corrected chi connectivity index (χ3v) is 5.77. The first-order chi connectivity index (χ1) is 12.2. The fourth-order valence-electron chi connectivity index (χ4n) is 3.57. The summed E-state index contributed by atoms with van der Waals surface area (Å²) in [6, 6.07) is 8.05. The number of aromatic nitrogens is 2. The summed E-state index contributed by atoms with van der Waals surface area (Å²) in [4.78, 5) is 20.8. The van der Waals surface area contributed by atoms with E-state index in [4.69, 9.17) is 0 Å². The number of nitrogens with zero attached hydrogens (tertiary/aromatic N) is 3. The predicted octanol–water partition coefficient (Wildman–Crippen LogP) is 3.76. The molecule has 1 saturated heterocycles. The van der Waals surface area contributed by atoms with Crippen LogP contribution < -0.4 is 0 Å². The highest BCUT2D eigenvalue weighted by Crippen LogP contribution is 2.23. The number of Topliss-reactive ketones (excluding diaryl/α,β-unsaturated/α-hetero) is 1. The summed E-state index contributed by atoms with van der Waals surface area (Å²) in [5.74, 6) is 1.56. The number of ketones is 1. The van der Waals surface area contributed by atoms with Crippen LogP contribution in [-0.2, 0) is 13.0 Å². The maximum atomic E-state index is 12.8.